The van der Waals surface area contributed by atoms with Gasteiger partial charge in [0.15, 0.2) is 0 Å². The van der Waals surface area contributed by atoms with Crippen LogP contribution < -0.4 is 5.32 Å². The highest BCUT2D eigenvalue weighted by Gasteiger charge is 2.18. The van der Waals surface area contributed by atoms with E-state index in [1.807, 2.05) is 0 Å². The lowest BCUT2D eigenvalue weighted by Gasteiger charge is -2.17. The second-order valence-electron chi connectivity index (χ2n) is 12.4. The number of aliphatic carboxylic acids is 1. The molecule has 0 aromatic carbocycles. The molecule has 1 amide bonds. The maximum absolute atomic E-state index is 12.4. The highest BCUT2D eigenvalue weighted by molar-refractivity contribution is 5.81. The molecule has 0 aliphatic carbocycles. The van der Waals surface area contributed by atoms with Gasteiger partial charge in [0.2, 0.25) is 5.91 Å². The van der Waals surface area contributed by atoms with Crippen LogP contribution in [0, 0.1) is 11.8 Å². The third-order valence-corrected chi connectivity index (χ3v) is 7.29. The van der Waals surface area contributed by atoms with E-state index in [0.717, 1.165) is 37.5 Å². The molecule has 234 valence electrons. The molecule has 2 N–H and O–H groups in total. The first-order chi connectivity index (χ1) is 19.2. The molecule has 1 unspecified atom stereocenters. The molecular weight excluding hydrogens is 502 g/mol. The second kappa shape index (κ2) is 27.3. The van der Waals surface area contributed by atoms with E-state index < -0.39 is 18.6 Å². The zero-order valence-electron chi connectivity index (χ0n) is 26.5. The van der Waals surface area contributed by atoms with Crippen LogP contribution in [0.2, 0.25) is 0 Å². The van der Waals surface area contributed by atoms with Gasteiger partial charge in [0, 0.05) is 6.42 Å². The average Bonchev–Trinajstić information content (AvgIpc) is 2.88. The standard InChI is InChI=1S/C34H63NO5/c1-29(2)23-19-15-11-7-5-9-13-17-21-25-31(27-32(36)35-28-33(37)38)40-34(39)26-22-18-14-10-6-8-12-16-20-24-30(3)4/h14,18,29-31H,5-13,15-17,19-28H2,1-4H3,(H,35,36)(H,37,38)/b18-14+. The molecule has 0 aromatic rings. The van der Waals surface area contributed by atoms with Crippen LogP contribution in [0.5, 0.6) is 0 Å². The van der Waals surface area contributed by atoms with Crippen LogP contribution in [-0.4, -0.2) is 35.6 Å². The number of carboxylic acid groups (broad SMARTS) is 1. The molecule has 0 saturated carbocycles. The van der Waals surface area contributed by atoms with E-state index in [1.165, 1.54) is 83.5 Å². The number of ether oxygens (including phenoxy) is 1. The minimum atomic E-state index is -1.08. The largest absolute Gasteiger partial charge is 0.480 e. The summed E-state index contributed by atoms with van der Waals surface area (Å²) in [5.41, 5.74) is 0. The molecule has 0 rings (SSSR count). The van der Waals surface area contributed by atoms with Crippen LogP contribution in [0.25, 0.3) is 0 Å². The van der Waals surface area contributed by atoms with Crippen molar-refractivity contribution < 1.29 is 24.2 Å². The van der Waals surface area contributed by atoms with Gasteiger partial charge in [-0.05, 0) is 43.9 Å². The Morgan fingerprint density at radius 3 is 1.60 bits per heavy atom. The van der Waals surface area contributed by atoms with Gasteiger partial charge < -0.3 is 15.2 Å². The number of amides is 1. The van der Waals surface area contributed by atoms with Crippen molar-refractivity contribution in [1.82, 2.24) is 5.32 Å². The number of rotatable bonds is 28. The van der Waals surface area contributed by atoms with Crippen molar-refractivity contribution in [3.05, 3.63) is 12.2 Å². The summed E-state index contributed by atoms with van der Waals surface area (Å²) in [6.07, 6.45) is 26.3. The zero-order valence-corrected chi connectivity index (χ0v) is 26.5. The van der Waals surface area contributed by atoms with E-state index in [9.17, 15) is 14.4 Å². The molecule has 0 bridgehead atoms. The van der Waals surface area contributed by atoms with E-state index in [0.29, 0.717) is 19.3 Å². The predicted octanol–water partition coefficient (Wildman–Crippen LogP) is 9.16. The van der Waals surface area contributed by atoms with E-state index in [2.05, 4.69) is 45.2 Å². The number of hydrogen-bond acceptors (Lipinski definition) is 4. The summed E-state index contributed by atoms with van der Waals surface area (Å²) in [6.45, 7) is 8.70. The first-order valence-electron chi connectivity index (χ1n) is 16.5. The first-order valence-corrected chi connectivity index (χ1v) is 16.5. The van der Waals surface area contributed by atoms with Crippen LogP contribution in [0.4, 0.5) is 0 Å². The van der Waals surface area contributed by atoms with E-state index in [4.69, 9.17) is 9.84 Å². The Bertz CT molecular complexity index is 659. The molecule has 0 saturated heterocycles. The summed E-state index contributed by atoms with van der Waals surface area (Å²) in [4.78, 5) is 35.3. The molecule has 0 aliphatic heterocycles. The van der Waals surface area contributed by atoms with Crippen molar-refractivity contribution in [1.29, 1.82) is 0 Å². The van der Waals surface area contributed by atoms with Crippen LogP contribution >= 0.6 is 0 Å². The quantitative estimate of drug-likeness (QED) is 0.0560. The monoisotopic (exact) mass is 565 g/mol. The topological polar surface area (TPSA) is 92.7 Å². The molecule has 0 heterocycles. The summed E-state index contributed by atoms with van der Waals surface area (Å²) in [5.74, 6) is -0.158. The van der Waals surface area contributed by atoms with Gasteiger partial charge in [-0.25, -0.2) is 0 Å². The molecule has 40 heavy (non-hydrogen) atoms. The molecule has 0 spiro atoms. The van der Waals surface area contributed by atoms with Crippen molar-refractivity contribution in [2.45, 2.75) is 169 Å². The van der Waals surface area contributed by atoms with Crippen molar-refractivity contribution in [3.63, 3.8) is 0 Å². The summed E-state index contributed by atoms with van der Waals surface area (Å²) >= 11 is 0. The molecule has 1 atom stereocenters. The number of hydrogen-bond donors (Lipinski definition) is 2. The van der Waals surface area contributed by atoms with Crippen LogP contribution in [0.3, 0.4) is 0 Å². The maximum atomic E-state index is 12.4. The molecular formula is C34H63NO5. The average molecular weight is 566 g/mol. The lowest BCUT2D eigenvalue weighted by atomic mass is 10.0. The Kier molecular flexibility index (Phi) is 26.1. The number of carbonyl (C=O) groups is 3. The SMILES string of the molecule is CC(C)CCCCCCC/C=C/CCC(=O)OC(CCCCCCCCCCCC(C)C)CC(=O)NCC(=O)O. The summed E-state index contributed by atoms with van der Waals surface area (Å²) in [5, 5.41) is 11.2. The van der Waals surface area contributed by atoms with Crippen molar-refractivity contribution >= 4 is 17.8 Å². The smallest absolute Gasteiger partial charge is 0.322 e. The number of carboxylic acids is 1. The van der Waals surface area contributed by atoms with Crippen molar-refractivity contribution in [3.8, 4) is 0 Å². The van der Waals surface area contributed by atoms with Crippen molar-refractivity contribution in [2.24, 2.45) is 11.8 Å². The minimum Gasteiger partial charge on any atom is -0.480 e. The molecule has 0 aromatic heterocycles. The Morgan fingerprint density at radius 1 is 0.650 bits per heavy atom. The molecule has 0 radical (unpaired) electrons. The lowest BCUT2D eigenvalue weighted by Crippen LogP contribution is -2.33. The van der Waals surface area contributed by atoms with Gasteiger partial charge in [-0.1, -0.05) is 130 Å². The number of carbonyl (C=O) groups excluding carboxylic acids is 2. The fourth-order valence-electron chi connectivity index (χ4n) is 4.84. The highest BCUT2D eigenvalue weighted by atomic mass is 16.5. The van der Waals surface area contributed by atoms with E-state index in [1.54, 1.807) is 0 Å². The first kappa shape index (κ1) is 38.1. The number of esters is 1. The van der Waals surface area contributed by atoms with Crippen molar-refractivity contribution in [2.75, 3.05) is 6.54 Å². The summed E-state index contributed by atoms with van der Waals surface area (Å²) in [7, 11) is 0. The summed E-state index contributed by atoms with van der Waals surface area (Å²) < 4.78 is 5.65. The van der Waals surface area contributed by atoms with Gasteiger partial charge in [-0.15, -0.1) is 0 Å². The van der Waals surface area contributed by atoms with Crippen LogP contribution in [0.1, 0.15) is 163 Å². The maximum Gasteiger partial charge on any atom is 0.322 e. The predicted molar refractivity (Wildman–Crippen MR) is 166 cm³/mol. The highest BCUT2D eigenvalue weighted by Crippen LogP contribution is 2.16. The van der Waals surface area contributed by atoms with Crippen LogP contribution in [-0.2, 0) is 19.1 Å². The zero-order chi connectivity index (χ0) is 29.8. The van der Waals surface area contributed by atoms with Gasteiger partial charge in [0.25, 0.3) is 0 Å². The Hall–Kier alpha value is -1.85. The lowest BCUT2D eigenvalue weighted by molar-refractivity contribution is -0.151. The number of nitrogens with one attached hydrogen (secondary N) is 1. The molecule has 6 nitrogen and oxygen atoms in total. The number of allylic oxidation sites excluding steroid dienone is 2. The van der Waals surface area contributed by atoms with Gasteiger partial charge in [-0.2, -0.15) is 0 Å². The van der Waals surface area contributed by atoms with Gasteiger partial charge in [0.05, 0.1) is 6.42 Å². The normalized spacial score (nSPS) is 12.3. The fourth-order valence-corrected chi connectivity index (χ4v) is 4.84. The molecule has 6 heteroatoms. The van der Waals surface area contributed by atoms with E-state index in [-0.39, 0.29) is 18.3 Å². The second-order valence-corrected chi connectivity index (χ2v) is 12.4. The fraction of sp³-hybridized carbons (Fsp3) is 0.853. The van der Waals surface area contributed by atoms with Crippen LogP contribution in [0.15, 0.2) is 12.2 Å². The van der Waals surface area contributed by atoms with Gasteiger partial charge in [0.1, 0.15) is 12.6 Å². The van der Waals surface area contributed by atoms with Gasteiger partial charge >= 0.3 is 11.9 Å². The van der Waals surface area contributed by atoms with E-state index >= 15 is 0 Å². The Labute approximate surface area is 246 Å². The Balaban J connectivity index is 4.15. The minimum absolute atomic E-state index is 0.0163. The third-order valence-electron chi connectivity index (χ3n) is 7.29. The molecule has 0 fully saturated rings. The number of unbranched alkanes of at least 4 members (excludes halogenated alkanes) is 13. The summed E-state index contributed by atoms with van der Waals surface area (Å²) in [6, 6.07) is 0. The third kappa shape index (κ3) is 29.1. The Morgan fingerprint density at radius 2 is 1.10 bits per heavy atom. The van der Waals surface area contributed by atoms with Gasteiger partial charge in [-0.3, -0.25) is 14.4 Å². The molecule has 0 aliphatic rings.